The predicted molar refractivity (Wildman–Crippen MR) is 103 cm³/mol. The fourth-order valence-electron chi connectivity index (χ4n) is 2.31. The van der Waals surface area contributed by atoms with Crippen LogP contribution in [0.5, 0.6) is 11.5 Å². The van der Waals surface area contributed by atoms with Gasteiger partial charge in [-0.05, 0) is 48.9 Å². The normalized spacial score (nSPS) is 11.7. The van der Waals surface area contributed by atoms with Crippen molar-refractivity contribution in [3.63, 3.8) is 0 Å². The Hall–Kier alpha value is -1.85. The summed E-state index contributed by atoms with van der Waals surface area (Å²) in [5.41, 5.74) is 0.969. The third kappa shape index (κ3) is 5.87. The second-order valence-corrected chi connectivity index (χ2v) is 7.06. The molecule has 0 radical (unpaired) electrons. The van der Waals surface area contributed by atoms with Crippen molar-refractivity contribution in [2.45, 2.75) is 24.3 Å². The lowest BCUT2D eigenvalue weighted by Crippen LogP contribution is -2.26. The predicted octanol–water partition coefficient (Wildman–Crippen LogP) is 4.72. The van der Waals surface area contributed by atoms with Gasteiger partial charge < -0.3 is 14.8 Å². The first-order chi connectivity index (χ1) is 12.0. The number of carbonyl (C=O) groups is 1. The minimum Gasteiger partial charge on any atom is -0.493 e. The summed E-state index contributed by atoms with van der Waals surface area (Å²) in [7, 11) is 3.19. The number of ether oxygens (including phenoxy) is 2. The van der Waals surface area contributed by atoms with Crippen molar-refractivity contribution in [3.05, 3.63) is 53.1 Å². The summed E-state index contributed by atoms with van der Waals surface area (Å²) in [4.78, 5) is 13.2. The molecule has 4 nitrogen and oxygen atoms in total. The molecule has 0 saturated carbocycles. The second-order valence-electron chi connectivity index (χ2n) is 5.46. The minimum absolute atomic E-state index is 0.0174. The van der Waals surface area contributed by atoms with Crippen molar-refractivity contribution in [2.24, 2.45) is 0 Å². The highest BCUT2D eigenvalue weighted by atomic mass is 35.5. The molecule has 0 aliphatic rings. The molecule has 2 aromatic rings. The summed E-state index contributed by atoms with van der Waals surface area (Å²) in [5, 5.41) is 3.72. The molecule has 0 saturated heterocycles. The van der Waals surface area contributed by atoms with E-state index in [1.165, 1.54) is 0 Å². The first-order valence-corrected chi connectivity index (χ1v) is 9.29. The Morgan fingerprint density at radius 1 is 1.12 bits per heavy atom. The Labute approximate surface area is 157 Å². The second kappa shape index (κ2) is 9.59. The summed E-state index contributed by atoms with van der Waals surface area (Å²) in [6.07, 6.45) is 0.449. The molecule has 1 N–H and O–H groups in total. The van der Waals surface area contributed by atoms with Gasteiger partial charge in [0.15, 0.2) is 11.5 Å². The molecular weight excluding hydrogens is 358 g/mol. The number of thioether (sulfide) groups is 1. The van der Waals surface area contributed by atoms with Crippen LogP contribution in [0.3, 0.4) is 0 Å². The molecule has 0 aromatic heterocycles. The van der Waals surface area contributed by atoms with Crippen LogP contribution < -0.4 is 14.8 Å². The Morgan fingerprint density at radius 3 is 2.44 bits per heavy atom. The first kappa shape index (κ1) is 19.5. The van der Waals surface area contributed by atoms with Crippen LogP contribution in [-0.2, 0) is 4.79 Å². The van der Waals surface area contributed by atoms with E-state index >= 15 is 0 Å². The Morgan fingerprint density at radius 2 is 1.80 bits per heavy atom. The van der Waals surface area contributed by atoms with Gasteiger partial charge in [0.1, 0.15) is 0 Å². The molecule has 0 bridgehead atoms. The maximum absolute atomic E-state index is 12.1. The van der Waals surface area contributed by atoms with E-state index in [4.69, 9.17) is 21.1 Å². The van der Waals surface area contributed by atoms with Gasteiger partial charge in [0.05, 0.1) is 20.3 Å². The summed E-state index contributed by atoms with van der Waals surface area (Å²) < 4.78 is 10.5. The summed E-state index contributed by atoms with van der Waals surface area (Å²) >= 11 is 7.50. The van der Waals surface area contributed by atoms with E-state index < -0.39 is 0 Å². The van der Waals surface area contributed by atoms with Crippen LogP contribution in [0.2, 0.25) is 5.02 Å². The number of nitrogens with one attached hydrogen (secondary N) is 1. The van der Waals surface area contributed by atoms with Crippen LogP contribution in [0, 0.1) is 0 Å². The third-order valence-electron chi connectivity index (χ3n) is 3.70. The van der Waals surface area contributed by atoms with E-state index in [0.717, 1.165) is 10.5 Å². The zero-order valence-electron chi connectivity index (χ0n) is 14.5. The third-order valence-corrected chi connectivity index (χ3v) is 4.96. The standard InChI is InChI=1S/C19H22ClNO3S/c1-13(14-4-9-17(23-2)18(12-14)24-3)21-19(22)10-11-25-16-7-5-15(20)6-8-16/h4-9,12-13H,10-11H2,1-3H3,(H,21,22). The van der Waals surface area contributed by atoms with Crippen molar-refractivity contribution in [1.29, 1.82) is 0 Å². The number of benzene rings is 2. The zero-order chi connectivity index (χ0) is 18.2. The summed E-state index contributed by atoms with van der Waals surface area (Å²) in [6.45, 7) is 1.95. The number of rotatable bonds is 8. The molecule has 0 aliphatic carbocycles. The molecule has 0 spiro atoms. The number of halogens is 1. The van der Waals surface area contributed by atoms with E-state index in [1.807, 2.05) is 49.4 Å². The van der Waals surface area contributed by atoms with E-state index in [2.05, 4.69) is 5.32 Å². The molecule has 0 heterocycles. The topological polar surface area (TPSA) is 47.6 Å². The van der Waals surface area contributed by atoms with Crippen molar-refractivity contribution in [2.75, 3.05) is 20.0 Å². The maximum atomic E-state index is 12.1. The quantitative estimate of drug-likeness (QED) is 0.674. The Balaban J connectivity index is 1.84. The highest BCUT2D eigenvalue weighted by molar-refractivity contribution is 7.99. The van der Waals surface area contributed by atoms with Gasteiger partial charge in [-0.2, -0.15) is 0 Å². The molecule has 25 heavy (non-hydrogen) atoms. The van der Waals surface area contributed by atoms with Crippen LogP contribution in [0.1, 0.15) is 24.9 Å². The number of methoxy groups -OCH3 is 2. The average Bonchev–Trinajstić information content (AvgIpc) is 2.62. The molecule has 1 atom stereocenters. The zero-order valence-corrected chi connectivity index (χ0v) is 16.1. The van der Waals surface area contributed by atoms with Gasteiger partial charge in [-0.1, -0.05) is 17.7 Å². The Kier molecular flexibility index (Phi) is 7.47. The summed E-state index contributed by atoms with van der Waals surface area (Å²) in [6, 6.07) is 13.2. The maximum Gasteiger partial charge on any atom is 0.221 e. The van der Waals surface area contributed by atoms with E-state index in [-0.39, 0.29) is 11.9 Å². The molecule has 0 fully saturated rings. The van der Waals surface area contributed by atoms with Crippen LogP contribution in [0.4, 0.5) is 0 Å². The van der Waals surface area contributed by atoms with E-state index in [1.54, 1.807) is 26.0 Å². The van der Waals surface area contributed by atoms with Crippen molar-refractivity contribution in [1.82, 2.24) is 5.32 Å². The Bertz CT molecular complexity index is 706. The molecule has 2 aromatic carbocycles. The largest absolute Gasteiger partial charge is 0.493 e. The number of carbonyl (C=O) groups excluding carboxylic acids is 1. The van der Waals surface area contributed by atoms with Gasteiger partial charge in [-0.3, -0.25) is 4.79 Å². The molecule has 134 valence electrons. The molecule has 1 unspecified atom stereocenters. The lowest BCUT2D eigenvalue weighted by atomic mass is 10.1. The first-order valence-electron chi connectivity index (χ1n) is 7.93. The minimum atomic E-state index is -0.104. The van der Waals surface area contributed by atoms with Crippen molar-refractivity contribution < 1.29 is 14.3 Å². The fraction of sp³-hybridized carbons (Fsp3) is 0.316. The van der Waals surface area contributed by atoms with Crippen LogP contribution in [0.15, 0.2) is 47.4 Å². The molecule has 0 aliphatic heterocycles. The smallest absolute Gasteiger partial charge is 0.221 e. The van der Waals surface area contributed by atoms with Gasteiger partial charge in [0, 0.05) is 22.1 Å². The highest BCUT2D eigenvalue weighted by Crippen LogP contribution is 2.30. The van der Waals surface area contributed by atoms with Gasteiger partial charge in [-0.25, -0.2) is 0 Å². The van der Waals surface area contributed by atoms with Crippen molar-refractivity contribution in [3.8, 4) is 11.5 Å². The lowest BCUT2D eigenvalue weighted by Gasteiger charge is -2.16. The lowest BCUT2D eigenvalue weighted by molar-refractivity contribution is -0.121. The van der Waals surface area contributed by atoms with Gasteiger partial charge >= 0.3 is 0 Å². The molecular formula is C19H22ClNO3S. The molecule has 2 rings (SSSR count). The average molecular weight is 380 g/mol. The van der Waals surface area contributed by atoms with Crippen LogP contribution in [-0.4, -0.2) is 25.9 Å². The SMILES string of the molecule is COc1ccc(C(C)NC(=O)CCSc2ccc(Cl)cc2)cc1OC. The summed E-state index contributed by atoms with van der Waals surface area (Å²) in [5.74, 6) is 2.05. The van der Waals surface area contributed by atoms with Crippen LogP contribution >= 0.6 is 23.4 Å². The monoisotopic (exact) mass is 379 g/mol. The van der Waals surface area contributed by atoms with Gasteiger partial charge in [0.25, 0.3) is 0 Å². The number of amides is 1. The fourth-order valence-corrected chi connectivity index (χ4v) is 3.29. The van der Waals surface area contributed by atoms with Crippen molar-refractivity contribution >= 4 is 29.3 Å². The van der Waals surface area contributed by atoms with Crippen LogP contribution in [0.25, 0.3) is 0 Å². The van der Waals surface area contributed by atoms with Gasteiger partial charge in [0.2, 0.25) is 5.91 Å². The van der Waals surface area contributed by atoms with E-state index in [9.17, 15) is 4.79 Å². The molecule has 6 heteroatoms. The van der Waals surface area contributed by atoms with Gasteiger partial charge in [-0.15, -0.1) is 11.8 Å². The van der Waals surface area contributed by atoms with E-state index in [0.29, 0.717) is 28.7 Å². The number of hydrogen-bond donors (Lipinski definition) is 1. The number of hydrogen-bond acceptors (Lipinski definition) is 4. The molecule has 1 amide bonds. The highest BCUT2D eigenvalue weighted by Gasteiger charge is 2.12.